The van der Waals surface area contributed by atoms with Crippen molar-refractivity contribution in [2.45, 2.75) is 6.92 Å². The lowest BCUT2D eigenvalue weighted by molar-refractivity contribution is 0.0955. The topological polar surface area (TPSA) is 85.4 Å². The van der Waals surface area contributed by atoms with Gasteiger partial charge in [-0.2, -0.15) is 0 Å². The van der Waals surface area contributed by atoms with Gasteiger partial charge in [-0.3, -0.25) is 4.79 Å². The second-order valence-corrected chi connectivity index (χ2v) is 8.32. The van der Waals surface area contributed by atoms with Crippen molar-refractivity contribution in [1.29, 1.82) is 0 Å². The van der Waals surface area contributed by atoms with Crippen molar-refractivity contribution < 1.29 is 17.9 Å². The van der Waals surface area contributed by atoms with E-state index in [1.807, 2.05) is 12.1 Å². The highest BCUT2D eigenvalue weighted by molar-refractivity contribution is 9.10. The fraction of sp³-hybridized carbons (Fsp3) is 0.250. The van der Waals surface area contributed by atoms with Crippen LogP contribution in [0, 0.1) is 0 Å². The number of pyridine rings is 1. The molecule has 2 aromatic rings. The number of hydrogen-bond acceptors (Lipinski definition) is 5. The summed E-state index contributed by atoms with van der Waals surface area (Å²) in [6.07, 6.45) is 1.39. The predicted octanol–water partition coefficient (Wildman–Crippen LogP) is 2.80. The fourth-order valence-corrected chi connectivity index (χ4v) is 2.73. The normalized spacial score (nSPS) is 11.1. The van der Waals surface area contributed by atoms with Crippen molar-refractivity contribution in [3.05, 3.63) is 52.6 Å². The van der Waals surface area contributed by atoms with Crippen LogP contribution in [0.1, 0.15) is 17.3 Å². The van der Waals surface area contributed by atoms with Crippen molar-refractivity contribution in [3.8, 4) is 11.6 Å². The van der Waals surface area contributed by atoms with Crippen LogP contribution >= 0.6 is 15.9 Å². The van der Waals surface area contributed by atoms with E-state index in [9.17, 15) is 13.2 Å². The van der Waals surface area contributed by atoms with Gasteiger partial charge in [0.05, 0.1) is 11.3 Å². The van der Waals surface area contributed by atoms with Crippen molar-refractivity contribution in [2.24, 2.45) is 0 Å². The average molecular weight is 413 g/mol. The van der Waals surface area contributed by atoms with Crippen LogP contribution in [-0.2, 0) is 9.84 Å². The standard InChI is InChI=1S/C16H17BrN2O4S/c1-2-24(21,22)10-9-18-16(20)12-3-8-15(19-11-12)23-14-6-4-13(17)5-7-14/h3-8,11H,2,9-10H2,1H3,(H,18,20). The molecular formula is C16H17BrN2O4S. The van der Waals surface area contributed by atoms with E-state index in [0.29, 0.717) is 17.2 Å². The molecule has 0 radical (unpaired) electrons. The molecule has 0 aliphatic carbocycles. The number of nitrogens with zero attached hydrogens (tertiary/aromatic N) is 1. The van der Waals surface area contributed by atoms with Crippen molar-refractivity contribution in [3.63, 3.8) is 0 Å². The number of benzene rings is 1. The van der Waals surface area contributed by atoms with E-state index in [0.717, 1.165) is 4.47 Å². The summed E-state index contributed by atoms with van der Waals surface area (Å²) in [5.74, 6) is 0.610. The molecule has 0 unspecified atom stereocenters. The summed E-state index contributed by atoms with van der Waals surface area (Å²) in [7, 11) is -3.10. The Kier molecular flexibility index (Phi) is 6.33. The Morgan fingerprint density at radius 1 is 1.21 bits per heavy atom. The van der Waals surface area contributed by atoms with E-state index in [4.69, 9.17) is 4.74 Å². The summed E-state index contributed by atoms with van der Waals surface area (Å²) in [6, 6.07) is 10.4. The minimum absolute atomic E-state index is 0.0620. The number of sulfone groups is 1. The highest BCUT2D eigenvalue weighted by Crippen LogP contribution is 2.21. The lowest BCUT2D eigenvalue weighted by Gasteiger charge is -2.07. The Morgan fingerprint density at radius 3 is 2.50 bits per heavy atom. The number of rotatable bonds is 7. The molecule has 0 saturated carbocycles. The largest absolute Gasteiger partial charge is 0.439 e. The second-order valence-electron chi connectivity index (χ2n) is 4.93. The van der Waals surface area contributed by atoms with Crippen LogP contribution in [0.2, 0.25) is 0 Å². The molecule has 0 atom stereocenters. The molecule has 1 heterocycles. The van der Waals surface area contributed by atoms with Crippen LogP contribution in [0.25, 0.3) is 0 Å². The zero-order valence-electron chi connectivity index (χ0n) is 13.0. The first kappa shape index (κ1) is 18.4. The molecule has 1 aromatic heterocycles. The van der Waals surface area contributed by atoms with Crippen LogP contribution in [0.5, 0.6) is 11.6 Å². The number of ether oxygens (including phenoxy) is 1. The number of halogens is 1. The maximum Gasteiger partial charge on any atom is 0.252 e. The van der Waals surface area contributed by atoms with Gasteiger partial charge < -0.3 is 10.1 Å². The van der Waals surface area contributed by atoms with E-state index in [1.165, 1.54) is 6.20 Å². The molecule has 0 saturated heterocycles. The number of aromatic nitrogens is 1. The first-order valence-corrected chi connectivity index (χ1v) is 9.89. The minimum Gasteiger partial charge on any atom is -0.439 e. The van der Waals surface area contributed by atoms with E-state index in [2.05, 4.69) is 26.2 Å². The molecule has 128 valence electrons. The fourth-order valence-electron chi connectivity index (χ4n) is 1.76. The Morgan fingerprint density at radius 2 is 1.92 bits per heavy atom. The van der Waals surface area contributed by atoms with Gasteiger partial charge in [0.2, 0.25) is 5.88 Å². The maximum atomic E-state index is 11.9. The van der Waals surface area contributed by atoms with E-state index < -0.39 is 9.84 Å². The van der Waals surface area contributed by atoms with Gasteiger partial charge >= 0.3 is 0 Å². The van der Waals surface area contributed by atoms with Gasteiger partial charge in [-0.25, -0.2) is 13.4 Å². The van der Waals surface area contributed by atoms with Crippen LogP contribution in [-0.4, -0.2) is 37.4 Å². The van der Waals surface area contributed by atoms with E-state index in [1.54, 1.807) is 31.2 Å². The molecule has 0 spiro atoms. The number of carbonyl (C=O) groups excluding carboxylic acids is 1. The summed E-state index contributed by atoms with van der Waals surface area (Å²) in [6.45, 7) is 1.65. The SMILES string of the molecule is CCS(=O)(=O)CCNC(=O)c1ccc(Oc2ccc(Br)cc2)nc1. The summed E-state index contributed by atoms with van der Waals surface area (Å²) in [5, 5.41) is 2.56. The quantitative estimate of drug-likeness (QED) is 0.755. The third-order valence-corrected chi connectivity index (χ3v) is 5.41. The number of amides is 1. The number of hydrogen-bond donors (Lipinski definition) is 1. The molecule has 0 fully saturated rings. The molecule has 1 amide bonds. The highest BCUT2D eigenvalue weighted by atomic mass is 79.9. The number of carbonyl (C=O) groups is 1. The zero-order valence-corrected chi connectivity index (χ0v) is 15.4. The lowest BCUT2D eigenvalue weighted by Crippen LogP contribution is -2.29. The number of nitrogens with one attached hydrogen (secondary N) is 1. The third-order valence-electron chi connectivity index (χ3n) is 3.17. The summed E-state index contributed by atoms with van der Waals surface area (Å²) in [4.78, 5) is 16.0. The highest BCUT2D eigenvalue weighted by Gasteiger charge is 2.10. The summed E-state index contributed by atoms with van der Waals surface area (Å²) in [5.41, 5.74) is 0.340. The van der Waals surface area contributed by atoms with Gasteiger partial charge in [0.25, 0.3) is 5.91 Å². The second kappa shape index (κ2) is 8.25. The molecule has 24 heavy (non-hydrogen) atoms. The van der Waals surface area contributed by atoms with Gasteiger partial charge in [-0.1, -0.05) is 22.9 Å². The molecule has 0 bridgehead atoms. The van der Waals surface area contributed by atoms with Gasteiger partial charge in [0.1, 0.15) is 5.75 Å². The van der Waals surface area contributed by atoms with Gasteiger partial charge in [-0.05, 0) is 30.3 Å². The Balaban J connectivity index is 1.91. The summed E-state index contributed by atoms with van der Waals surface area (Å²) < 4.78 is 29.3. The molecule has 1 N–H and O–H groups in total. The Hall–Kier alpha value is -1.93. The average Bonchev–Trinajstić information content (AvgIpc) is 2.57. The van der Waals surface area contributed by atoms with Gasteiger partial charge in [0.15, 0.2) is 9.84 Å². The van der Waals surface area contributed by atoms with Crippen LogP contribution in [0.3, 0.4) is 0 Å². The summed E-state index contributed by atoms with van der Waals surface area (Å²) >= 11 is 3.34. The van der Waals surface area contributed by atoms with Crippen LogP contribution in [0.15, 0.2) is 47.1 Å². The van der Waals surface area contributed by atoms with Crippen molar-refractivity contribution in [2.75, 3.05) is 18.1 Å². The van der Waals surface area contributed by atoms with Crippen molar-refractivity contribution in [1.82, 2.24) is 10.3 Å². The monoisotopic (exact) mass is 412 g/mol. The maximum absolute atomic E-state index is 11.9. The molecule has 2 rings (SSSR count). The lowest BCUT2D eigenvalue weighted by atomic mass is 10.2. The molecular weight excluding hydrogens is 396 g/mol. The molecule has 0 aliphatic heterocycles. The van der Waals surface area contributed by atoms with Crippen molar-refractivity contribution >= 4 is 31.7 Å². The molecule has 8 heteroatoms. The van der Waals surface area contributed by atoms with Gasteiger partial charge in [-0.15, -0.1) is 0 Å². The smallest absolute Gasteiger partial charge is 0.252 e. The predicted molar refractivity (Wildman–Crippen MR) is 95.1 cm³/mol. The van der Waals surface area contributed by atoms with Gasteiger partial charge in [0, 0.05) is 29.0 Å². The Bertz CT molecular complexity index is 790. The molecule has 6 nitrogen and oxygen atoms in total. The van der Waals surface area contributed by atoms with E-state index >= 15 is 0 Å². The first-order chi connectivity index (χ1) is 11.4. The zero-order chi connectivity index (χ0) is 17.6. The minimum atomic E-state index is -3.10. The third kappa shape index (κ3) is 5.61. The molecule has 0 aliphatic rings. The van der Waals surface area contributed by atoms with Crippen LogP contribution in [0.4, 0.5) is 0 Å². The van der Waals surface area contributed by atoms with Crippen LogP contribution < -0.4 is 10.1 Å². The Labute approximate surface area is 149 Å². The molecule has 1 aromatic carbocycles. The first-order valence-electron chi connectivity index (χ1n) is 7.28. The van der Waals surface area contributed by atoms with E-state index in [-0.39, 0.29) is 24.0 Å².